The van der Waals surface area contributed by atoms with Crippen LogP contribution in [-0.2, 0) is 27.8 Å². The van der Waals surface area contributed by atoms with Gasteiger partial charge in [0.05, 0.1) is 36.7 Å². The van der Waals surface area contributed by atoms with E-state index >= 15 is 0 Å². The molecule has 1 heterocycles. The molecule has 1 amide bonds. The number of methoxy groups -OCH3 is 1. The first-order chi connectivity index (χ1) is 17.7. The Balaban J connectivity index is 1.79. The number of carbonyl (C=O) groups is 1. The molecule has 0 radical (unpaired) electrons. The van der Waals surface area contributed by atoms with Crippen LogP contribution in [0.15, 0.2) is 82.5 Å². The summed E-state index contributed by atoms with van der Waals surface area (Å²) in [6.45, 7) is 3.77. The van der Waals surface area contributed by atoms with Crippen LogP contribution in [0.1, 0.15) is 25.0 Å². The fourth-order valence-electron chi connectivity index (χ4n) is 3.78. The van der Waals surface area contributed by atoms with Crippen molar-refractivity contribution in [3.05, 3.63) is 84.3 Å². The topological polar surface area (TPSA) is 118 Å². The Kier molecular flexibility index (Phi) is 10.1. The molecule has 10 heteroatoms. The van der Waals surface area contributed by atoms with Crippen molar-refractivity contribution in [2.24, 2.45) is 5.92 Å². The minimum atomic E-state index is -3.93. The van der Waals surface area contributed by atoms with Crippen molar-refractivity contribution in [2.75, 3.05) is 20.2 Å². The van der Waals surface area contributed by atoms with E-state index in [4.69, 9.17) is 13.9 Å². The second-order valence-corrected chi connectivity index (χ2v) is 11.0. The molecule has 3 aromatic rings. The van der Waals surface area contributed by atoms with E-state index in [9.17, 15) is 18.3 Å². The highest BCUT2D eigenvalue weighted by Gasteiger charge is 2.31. The number of nitrogens with one attached hydrogen (secondary N) is 1. The molecule has 3 rings (SSSR count). The summed E-state index contributed by atoms with van der Waals surface area (Å²) in [5.74, 6) is 0.538. The molecule has 2 N–H and O–H groups in total. The maximum atomic E-state index is 13.5. The lowest BCUT2D eigenvalue weighted by atomic mass is 10.0. The Morgan fingerprint density at radius 1 is 1.03 bits per heavy atom. The fraction of sp³-hybridized carbons (Fsp3) is 0.370. The second kappa shape index (κ2) is 13.3. The van der Waals surface area contributed by atoms with Gasteiger partial charge in [0.25, 0.3) is 0 Å². The van der Waals surface area contributed by atoms with E-state index in [1.807, 2.05) is 44.2 Å². The standard InChI is InChI=1S/C27H34N2O7S/c1-20(2)16-29(37(32,33)24-11-9-23(34-3)10-12-24)17-26(30)25(15-21-7-5-4-6-8-21)28-27(31)36-19-22-13-14-35-18-22/h4-14,18,20,25-26,30H,15-17,19H2,1-3H3,(H,28,31)/t25-,26?/m0/s1. The third-order valence-electron chi connectivity index (χ3n) is 5.67. The van der Waals surface area contributed by atoms with Crippen LogP contribution < -0.4 is 10.1 Å². The molecule has 0 aliphatic rings. The summed E-state index contributed by atoms with van der Waals surface area (Å²) in [6, 6.07) is 16.3. The van der Waals surface area contributed by atoms with Gasteiger partial charge in [-0.15, -0.1) is 0 Å². The number of amides is 1. The van der Waals surface area contributed by atoms with Gasteiger partial charge < -0.3 is 24.3 Å². The number of carbonyl (C=O) groups excluding carboxylic acids is 1. The lowest BCUT2D eigenvalue weighted by molar-refractivity contribution is 0.0872. The number of sulfonamides is 1. The van der Waals surface area contributed by atoms with Crippen molar-refractivity contribution < 1.29 is 32.2 Å². The van der Waals surface area contributed by atoms with Gasteiger partial charge in [-0.1, -0.05) is 44.2 Å². The molecule has 0 bridgehead atoms. The average molecular weight is 531 g/mol. The average Bonchev–Trinajstić information content (AvgIpc) is 3.41. The molecule has 9 nitrogen and oxygen atoms in total. The van der Waals surface area contributed by atoms with Crippen molar-refractivity contribution in [3.63, 3.8) is 0 Å². The van der Waals surface area contributed by atoms with Crippen molar-refractivity contribution in [3.8, 4) is 5.75 Å². The first-order valence-electron chi connectivity index (χ1n) is 12.0. The molecule has 0 fully saturated rings. The van der Waals surface area contributed by atoms with Gasteiger partial charge in [-0.25, -0.2) is 13.2 Å². The number of aliphatic hydroxyl groups is 1. The largest absolute Gasteiger partial charge is 0.497 e. The van der Waals surface area contributed by atoms with Gasteiger partial charge in [-0.05, 0) is 48.2 Å². The molecule has 0 spiro atoms. The van der Waals surface area contributed by atoms with Crippen molar-refractivity contribution in [1.82, 2.24) is 9.62 Å². The zero-order valence-corrected chi connectivity index (χ0v) is 22.1. The molecule has 0 saturated carbocycles. The predicted molar refractivity (Wildman–Crippen MR) is 139 cm³/mol. The number of benzene rings is 2. The van der Waals surface area contributed by atoms with E-state index in [0.717, 1.165) is 5.56 Å². The minimum Gasteiger partial charge on any atom is -0.497 e. The number of aliphatic hydroxyl groups excluding tert-OH is 1. The van der Waals surface area contributed by atoms with Crippen LogP contribution >= 0.6 is 0 Å². The van der Waals surface area contributed by atoms with Crippen LogP contribution in [0.3, 0.4) is 0 Å². The quantitative estimate of drug-likeness (QED) is 0.345. The van der Waals surface area contributed by atoms with Gasteiger partial charge >= 0.3 is 6.09 Å². The molecule has 200 valence electrons. The molecule has 1 unspecified atom stereocenters. The van der Waals surface area contributed by atoms with E-state index in [-0.39, 0.29) is 36.9 Å². The molecule has 1 aromatic heterocycles. The summed E-state index contributed by atoms with van der Waals surface area (Å²) in [4.78, 5) is 12.7. The predicted octanol–water partition coefficient (Wildman–Crippen LogP) is 3.83. The zero-order valence-electron chi connectivity index (χ0n) is 21.2. The highest BCUT2D eigenvalue weighted by atomic mass is 32.2. The van der Waals surface area contributed by atoms with E-state index < -0.39 is 28.3 Å². The van der Waals surface area contributed by atoms with Crippen LogP contribution in [0.5, 0.6) is 5.75 Å². The number of nitrogens with zero attached hydrogens (tertiary/aromatic N) is 1. The van der Waals surface area contributed by atoms with Gasteiger partial charge in [0.2, 0.25) is 10.0 Å². The molecule has 2 aromatic carbocycles. The fourth-order valence-corrected chi connectivity index (χ4v) is 5.40. The number of hydrogen-bond donors (Lipinski definition) is 2. The molecular weight excluding hydrogens is 496 g/mol. The Morgan fingerprint density at radius 3 is 2.32 bits per heavy atom. The lowest BCUT2D eigenvalue weighted by Crippen LogP contribution is -2.51. The molecule has 37 heavy (non-hydrogen) atoms. The summed E-state index contributed by atoms with van der Waals surface area (Å²) in [5, 5.41) is 13.9. The molecular formula is C27H34N2O7S. The van der Waals surface area contributed by atoms with Gasteiger partial charge in [-0.3, -0.25) is 0 Å². The van der Waals surface area contributed by atoms with Crippen LogP contribution in [0, 0.1) is 5.92 Å². The first-order valence-corrected chi connectivity index (χ1v) is 13.4. The Hall–Kier alpha value is -3.34. The Morgan fingerprint density at radius 2 is 1.73 bits per heavy atom. The minimum absolute atomic E-state index is 0.000631. The van der Waals surface area contributed by atoms with Crippen molar-refractivity contribution in [2.45, 2.75) is 43.9 Å². The number of ether oxygens (including phenoxy) is 2. The lowest BCUT2D eigenvalue weighted by Gasteiger charge is -2.30. The maximum Gasteiger partial charge on any atom is 0.407 e. The zero-order chi connectivity index (χ0) is 26.8. The van der Waals surface area contributed by atoms with E-state index in [0.29, 0.717) is 11.3 Å². The van der Waals surface area contributed by atoms with Crippen LogP contribution in [0.25, 0.3) is 0 Å². The number of alkyl carbamates (subject to hydrolysis) is 1. The monoisotopic (exact) mass is 530 g/mol. The summed E-state index contributed by atoms with van der Waals surface area (Å²) < 4.78 is 43.6. The SMILES string of the molecule is COc1ccc(S(=O)(=O)N(CC(C)C)CC(O)[C@H](Cc2ccccc2)NC(=O)OCc2ccoc2)cc1. The van der Waals surface area contributed by atoms with Gasteiger partial charge in [-0.2, -0.15) is 4.31 Å². The van der Waals surface area contributed by atoms with Crippen LogP contribution in [0.4, 0.5) is 4.79 Å². The Labute approximate surface area is 218 Å². The van der Waals surface area contributed by atoms with Gasteiger partial charge in [0, 0.05) is 18.7 Å². The molecule has 2 atom stereocenters. The van der Waals surface area contributed by atoms with Crippen molar-refractivity contribution in [1.29, 1.82) is 0 Å². The normalized spacial score (nSPS) is 13.4. The Bertz CT molecular complexity index is 1200. The first kappa shape index (κ1) is 28.2. The van der Waals surface area contributed by atoms with Crippen LogP contribution in [-0.4, -0.2) is 56.3 Å². The molecule has 0 aliphatic carbocycles. The summed E-state index contributed by atoms with van der Waals surface area (Å²) >= 11 is 0. The summed E-state index contributed by atoms with van der Waals surface area (Å²) in [7, 11) is -2.42. The van der Waals surface area contributed by atoms with E-state index in [2.05, 4.69) is 5.32 Å². The molecule has 0 aliphatic heterocycles. The van der Waals surface area contributed by atoms with Crippen molar-refractivity contribution >= 4 is 16.1 Å². The third kappa shape index (κ3) is 8.34. The highest BCUT2D eigenvalue weighted by Crippen LogP contribution is 2.22. The number of furan rings is 1. The van der Waals surface area contributed by atoms with Gasteiger partial charge in [0.1, 0.15) is 12.4 Å². The van der Waals surface area contributed by atoms with Crippen LogP contribution in [0.2, 0.25) is 0 Å². The van der Waals surface area contributed by atoms with E-state index in [1.54, 1.807) is 18.2 Å². The van der Waals surface area contributed by atoms with E-state index in [1.165, 1.54) is 36.1 Å². The summed E-state index contributed by atoms with van der Waals surface area (Å²) in [5.41, 5.74) is 1.55. The maximum absolute atomic E-state index is 13.5. The molecule has 0 saturated heterocycles. The summed E-state index contributed by atoms with van der Waals surface area (Å²) in [6.07, 6.45) is 1.28. The van der Waals surface area contributed by atoms with Gasteiger partial charge in [0.15, 0.2) is 0 Å². The smallest absolute Gasteiger partial charge is 0.407 e. The third-order valence-corrected chi connectivity index (χ3v) is 7.52. The highest BCUT2D eigenvalue weighted by molar-refractivity contribution is 7.89. The number of hydrogen-bond acceptors (Lipinski definition) is 7. The second-order valence-electron chi connectivity index (χ2n) is 9.11. The number of rotatable bonds is 13.